The van der Waals surface area contributed by atoms with Crippen LogP contribution in [0.1, 0.15) is 15.9 Å². The average Bonchev–Trinajstić information content (AvgIpc) is 2.66. The summed E-state index contributed by atoms with van der Waals surface area (Å²) in [6, 6.07) is 11.2. The molecule has 1 amide bonds. The number of carbonyl (C=O) groups is 1. The van der Waals surface area contributed by atoms with Gasteiger partial charge in [-0.3, -0.25) is 4.79 Å². The molecule has 2 rings (SSSR count). The van der Waals surface area contributed by atoms with Crippen LogP contribution < -0.4 is 5.32 Å². The van der Waals surface area contributed by atoms with Crippen LogP contribution in [0.25, 0.3) is 0 Å². The SMILES string of the molecule is Cc1ccsc1NC(=O)c1ccccc1. The molecule has 0 unspecified atom stereocenters. The van der Waals surface area contributed by atoms with Crippen molar-refractivity contribution in [2.24, 2.45) is 0 Å². The van der Waals surface area contributed by atoms with E-state index in [-0.39, 0.29) is 5.91 Å². The lowest BCUT2D eigenvalue weighted by atomic mass is 10.2. The highest BCUT2D eigenvalue weighted by atomic mass is 32.1. The van der Waals surface area contributed by atoms with Gasteiger partial charge in [-0.15, -0.1) is 11.3 Å². The largest absolute Gasteiger partial charge is 0.313 e. The van der Waals surface area contributed by atoms with Crippen molar-refractivity contribution in [3.63, 3.8) is 0 Å². The van der Waals surface area contributed by atoms with E-state index in [2.05, 4.69) is 5.32 Å². The molecule has 3 heteroatoms. The van der Waals surface area contributed by atoms with Crippen molar-refractivity contribution in [3.05, 3.63) is 52.9 Å². The minimum atomic E-state index is -0.0545. The molecule has 0 aliphatic heterocycles. The van der Waals surface area contributed by atoms with Crippen LogP contribution in [0.5, 0.6) is 0 Å². The number of benzene rings is 1. The van der Waals surface area contributed by atoms with E-state index >= 15 is 0 Å². The zero-order valence-corrected chi connectivity index (χ0v) is 9.17. The number of hydrogen-bond acceptors (Lipinski definition) is 2. The van der Waals surface area contributed by atoms with E-state index in [0.717, 1.165) is 10.6 Å². The number of carbonyl (C=O) groups excluding carboxylic acids is 1. The molecule has 15 heavy (non-hydrogen) atoms. The molecule has 0 saturated carbocycles. The first kappa shape index (κ1) is 9.93. The van der Waals surface area contributed by atoms with Crippen molar-refractivity contribution < 1.29 is 4.79 Å². The first-order chi connectivity index (χ1) is 7.27. The second-order valence-corrected chi connectivity index (χ2v) is 4.17. The Kier molecular flexibility index (Phi) is 2.83. The monoisotopic (exact) mass is 217 g/mol. The fourth-order valence-electron chi connectivity index (χ4n) is 1.27. The topological polar surface area (TPSA) is 29.1 Å². The second-order valence-electron chi connectivity index (χ2n) is 3.25. The summed E-state index contributed by atoms with van der Waals surface area (Å²) in [5.74, 6) is -0.0545. The van der Waals surface area contributed by atoms with E-state index < -0.39 is 0 Å². The van der Waals surface area contributed by atoms with Crippen molar-refractivity contribution in [2.75, 3.05) is 5.32 Å². The smallest absolute Gasteiger partial charge is 0.256 e. The number of aryl methyl sites for hydroxylation is 1. The Morgan fingerprint density at radius 1 is 1.20 bits per heavy atom. The fraction of sp³-hybridized carbons (Fsp3) is 0.0833. The Morgan fingerprint density at radius 3 is 2.53 bits per heavy atom. The third-order valence-corrected chi connectivity index (χ3v) is 3.06. The molecule has 2 aromatic rings. The summed E-state index contributed by atoms with van der Waals surface area (Å²) < 4.78 is 0. The fourth-order valence-corrected chi connectivity index (χ4v) is 2.08. The third-order valence-electron chi connectivity index (χ3n) is 2.13. The van der Waals surface area contributed by atoms with Crippen LogP contribution in [0.3, 0.4) is 0 Å². The number of anilines is 1. The third kappa shape index (κ3) is 2.25. The Labute approximate surface area is 92.6 Å². The molecule has 0 fully saturated rings. The van der Waals surface area contributed by atoms with Gasteiger partial charge in [-0.25, -0.2) is 0 Å². The number of amides is 1. The molecule has 0 spiro atoms. The summed E-state index contributed by atoms with van der Waals surface area (Å²) in [4.78, 5) is 11.8. The maximum atomic E-state index is 11.8. The first-order valence-corrected chi connectivity index (χ1v) is 5.56. The Bertz CT molecular complexity index is 461. The van der Waals surface area contributed by atoms with Crippen LogP contribution >= 0.6 is 11.3 Å². The second kappa shape index (κ2) is 4.28. The summed E-state index contributed by atoms with van der Waals surface area (Å²) in [6.45, 7) is 1.98. The van der Waals surface area contributed by atoms with E-state index in [1.54, 1.807) is 23.5 Å². The molecule has 2 nitrogen and oxygen atoms in total. The predicted molar refractivity (Wildman–Crippen MR) is 63.5 cm³/mol. The minimum absolute atomic E-state index is 0.0545. The van der Waals surface area contributed by atoms with Crippen LogP contribution in [0.15, 0.2) is 41.8 Å². The van der Waals surface area contributed by atoms with Crippen molar-refractivity contribution >= 4 is 22.2 Å². The Morgan fingerprint density at radius 2 is 1.93 bits per heavy atom. The van der Waals surface area contributed by atoms with Gasteiger partial charge in [-0.1, -0.05) is 18.2 Å². The van der Waals surface area contributed by atoms with Gasteiger partial charge >= 0.3 is 0 Å². The number of nitrogens with one attached hydrogen (secondary N) is 1. The molecule has 0 atom stereocenters. The lowest BCUT2D eigenvalue weighted by molar-refractivity contribution is 0.102. The summed E-state index contributed by atoms with van der Waals surface area (Å²) in [6.07, 6.45) is 0. The molecule has 0 saturated heterocycles. The maximum Gasteiger partial charge on any atom is 0.256 e. The number of hydrogen-bond donors (Lipinski definition) is 1. The van der Waals surface area contributed by atoms with Crippen LogP contribution in [0.2, 0.25) is 0 Å². The Hall–Kier alpha value is -1.61. The molecule has 76 valence electrons. The molecule has 0 bridgehead atoms. The highest BCUT2D eigenvalue weighted by Crippen LogP contribution is 2.22. The van der Waals surface area contributed by atoms with Crippen LogP contribution in [0, 0.1) is 6.92 Å². The zero-order chi connectivity index (χ0) is 10.7. The van der Waals surface area contributed by atoms with Crippen LogP contribution in [-0.2, 0) is 0 Å². The lowest BCUT2D eigenvalue weighted by Crippen LogP contribution is -2.11. The maximum absolute atomic E-state index is 11.8. The average molecular weight is 217 g/mol. The quantitative estimate of drug-likeness (QED) is 0.821. The van der Waals surface area contributed by atoms with Gasteiger partial charge in [0.2, 0.25) is 0 Å². The van der Waals surface area contributed by atoms with Crippen molar-refractivity contribution in [3.8, 4) is 0 Å². The van der Waals surface area contributed by atoms with Gasteiger partial charge < -0.3 is 5.32 Å². The molecule has 1 N–H and O–H groups in total. The lowest BCUT2D eigenvalue weighted by Gasteiger charge is -2.03. The number of rotatable bonds is 2. The molecular formula is C12H11NOS. The molecule has 0 aliphatic carbocycles. The van der Waals surface area contributed by atoms with Crippen LogP contribution in [0.4, 0.5) is 5.00 Å². The van der Waals surface area contributed by atoms with Gasteiger partial charge in [0.15, 0.2) is 0 Å². The van der Waals surface area contributed by atoms with Crippen molar-refractivity contribution in [1.29, 1.82) is 0 Å². The van der Waals surface area contributed by atoms with Crippen molar-refractivity contribution in [2.45, 2.75) is 6.92 Å². The van der Waals surface area contributed by atoms with E-state index in [1.807, 2.05) is 36.6 Å². The normalized spacial score (nSPS) is 9.93. The molecule has 1 aromatic carbocycles. The molecule has 0 radical (unpaired) electrons. The zero-order valence-electron chi connectivity index (χ0n) is 8.36. The molecule has 1 aromatic heterocycles. The summed E-state index contributed by atoms with van der Waals surface area (Å²) >= 11 is 1.54. The van der Waals surface area contributed by atoms with Gasteiger partial charge in [0.25, 0.3) is 5.91 Å². The van der Waals surface area contributed by atoms with E-state index in [4.69, 9.17) is 0 Å². The summed E-state index contributed by atoms with van der Waals surface area (Å²) in [5, 5.41) is 5.77. The van der Waals surface area contributed by atoms with Crippen LogP contribution in [-0.4, -0.2) is 5.91 Å². The van der Waals surface area contributed by atoms with Gasteiger partial charge in [-0.05, 0) is 36.1 Å². The van der Waals surface area contributed by atoms with Gasteiger partial charge in [-0.2, -0.15) is 0 Å². The first-order valence-electron chi connectivity index (χ1n) is 4.68. The summed E-state index contributed by atoms with van der Waals surface area (Å²) in [7, 11) is 0. The van der Waals surface area contributed by atoms with Gasteiger partial charge in [0.1, 0.15) is 0 Å². The minimum Gasteiger partial charge on any atom is -0.313 e. The van der Waals surface area contributed by atoms with E-state index in [1.165, 1.54) is 0 Å². The number of thiophene rings is 1. The highest BCUT2D eigenvalue weighted by molar-refractivity contribution is 7.14. The van der Waals surface area contributed by atoms with Gasteiger partial charge in [0.05, 0.1) is 5.00 Å². The van der Waals surface area contributed by atoms with Crippen molar-refractivity contribution in [1.82, 2.24) is 0 Å². The van der Waals surface area contributed by atoms with E-state index in [9.17, 15) is 4.79 Å². The predicted octanol–water partition coefficient (Wildman–Crippen LogP) is 3.31. The van der Waals surface area contributed by atoms with Gasteiger partial charge in [0, 0.05) is 5.56 Å². The highest BCUT2D eigenvalue weighted by Gasteiger charge is 2.07. The molecular weight excluding hydrogens is 206 g/mol. The standard InChI is InChI=1S/C12H11NOS/c1-9-7-8-15-12(9)13-11(14)10-5-3-2-4-6-10/h2-8H,1H3,(H,13,14). The Balaban J connectivity index is 2.15. The molecule has 1 heterocycles. The summed E-state index contributed by atoms with van der Waals surface area (Å²) in [5.41, 5.74) is 1.79. The molecule has 0 aliphatic rings. The van der Waals surface area contributed by atoms with E-state index in [0.29, 0.717) is 5.56 Å².